The Morgan fingerprint density at radius 3 is 2.60 bits per heavy atom. The van der Waals surface area contributed by atoms with Gasteiger partial charge in [-0.3, -0.25) is 4.79 Å². The summed E-state index contributed by atoms with van der Waals surface area (Å²) in [5.74, 6) is 0.321. The molecule has 0 spiro atoms. The molecule has 0 saturated heterocycles. The molecule has 0 bridgehead atoms. The van der Waals surface area contributed by atoms with Crippen LogP contribution in [0.15, 0.2) is 71.5 Å². The topological polar surface area (TPSA) is 66.9 Å². The number of carbonyl (C=O) groups is 1. The van der Waals surface area contributed by atoms with Gasteiger partial charge in [-0.05, 0) is 30.7 Å². The number of hydrogen-bond acceptors (Lipinski definition) is 4. The van der Waals surface area contributed by atoms with E-state index < -0.39 is 0 Å². The summed E-state index contributed by atoms with van der Waals surface area (Å²) in [4.78, 5) is 20.7. The van der Waals surface area contributed by atoms with Crippen LogP contribution in [0.2, 0.25) is 0 Å². The Bertz CT molecular complexity index is 870. The summed E-state index contributed by atoms with van der Waals surface area (Å²) in [5, 5.41) is 6.11. The number of rotatable bonds is 5. The van der Waals surface area contributed by atoms with Crippen molar-refractivity contribution in [1.82, 2.24) is 9.97 Å². The summed E-state index contributed by atoms with van der Waals surface area (Å²) in [6.45, 7) is 2.04. The lowest BCUT2D eigenvalue weighted by atomic mass is 10.1. The van der Waals surface area contributed by atoms with Gasteiger partial charge in [0.1, 0.15) is 17.8 Å². The van der Waals surface area contributed by atoms with E-state index in [1.165, 1.54) is 6.33 Å². The summed E-state index contributed by atoms with van der Waals surface area (Å²) in [6, 6.07) is 19.2. The predicted octanol–water partition coefficient (Wildman–Crippen LogP) is 4.66. The average molecular weight is 397 g/mol. The van der Waals surface area contributed by atoms with E-state index in [-0.39, 0.29) is 11.9 Å². The monoisotopic (exact) mass is 396 g/mol. The fourth-order valence-corrected chi connectivity index (χ4v) is 2.77. The first-order valence-electron chi connectivity index (χ1n) is 7.82. The second kappa shape index (κ2) is 7.90. The van der Waals surface area contributed by atoms with Crippen LogP contribution in [0.4, 0.5) is 11.5 Å². The van der Waals surface area contributed by atoms with Gasteiger partial charge in [-0.2, -0.15) is 0 Å². The zero-order valence-corrected chi connectivity index (χ0v) is 15.2. The van der Waals surface area contributed by atoms with E-state index in [1.54, 1.807) is 6.07 Å². The number of hydrogen-bond donors (Lipinski definition) is 2. The molecule has 1 unspecified atom stereocenters. The molecule has 3 aromatic rings. The minimum absolute atomic E-state index is 0.0667. The Balaban J connectivity index is 1.71. The highest BCUT2D eigenvalue weighted by Crippen LogP contribution is 2.19. The van der Waals surface area contributed by atoms with Gasteiger partial charge in [-0.1, -0.05) is 52.3 Å². The third kappa shape index (κ3) is 4.64. The first-order valence-corrected chi connectivity index (χ1v) is 8.61. The van der Waals surface area contributed by atoms with Gasteiger partial charge in [-0.15, -0.1) is 0 Å². The fraction of sp³-hybridized carbons (Fsp3) is 0.105. The molecule has 2 N–H and O–H groups in total. The molecule has 3 rings (SSSR count). The highest BCUT2D eigenvalue weighted by molar-refractivity contribution is 9.10. The molecule has 0 saturated carbocycles. The van der Waals surface area contributed by atoms with E-state index in [2.05, 4.69) is 36.5 Å². The maximum absolute atomic E-state index is 12.4. The summed E-state index contributed by atoms with van der Waals surface area (Å²) < 4.78 is 0.895. The molecule has 25 heavy (non-hydrogen) atoms. The molecular formula is C19H17BrN4O. The molecule has 126 valence electrons. The molecule has 0 fully saturated rings. The van der Waals surface area contributed by atoms with Crippen molar-refractivity contribution in [2.45, 2.75) is 13.0 Å². The molecule has 0 radical (unpaired) electrons. The van der Waals surface area contributed by atoms with Crippen molar-refractivity contribution in [3.63, 3.8) is 0 Å². The maximum atomic E-state index is 12.4. The van der Waals surface area contributed by atoms with Crippen molar-refractivity contribution >= 4 is 33.3 Å². The summed E-state index contributed by atoms with van der Waals surface area (Å²) in [6.07, 6.45) is 1.38. The number of carbonyl (C=O) groups excluding carboxylic acids is 1. The Kier molecular flexibility index (Phi) is 5.40. The number of benzene rings is 2. The number of halogens is 1. The quantitative estimate of drug-likeness (QED) is 0.657. The summed E-state index contributed by atoms with van der Waals surface area (Å²) in [7, 11) is 0. The third-order valence-electron chi connectivity index (χ3n) is 3.65. The summed E-state index contributed by atoms with van der Waals surface area (Å²) >= 11 is 3.38. The van der Waals surface area contributed by atoms with Crippen molar-refractivity contribution in [2.24, 2.45) is 0 Å². The van der Waals surface area contributed by atoms with Crippen molar-refractivity contribution < 1.29 is 4.79 Å². The van der Waals surface area contributed by atoms with Gasteiger partial charge in [0.2, 0.25) is 0 Å². The van der Waals surface area contributed by atoms with Crippen LogP contribution in [0.5, 0.6) is 0 Å². The van der Waals surface area contributed by atoms with E-state index in [0.717, 1.165) is 10.0 Å². The molecule has 1 atom stereocenters. The number of anilines is 2. The van der Waals surface area contributed by atoms with E-state index >= 15 is 0 Å². The first-order chi connectivity index (χ1) is 12.1. The van der Waals surface area contributed by atoms with Gasteiger partial charge in [-0.25, -0.2) is 9.97 Å². The molecule has 1 aromatic heterocycles. The standard InChI is InChI=1S/C19H17BrN4O/c1-13(14-6-3-2-4-7-14)23-18-11-17(21-12-22-18)19(25)24-16-9-5-8-15(20)10-16/h2-13H,1H3,(H,24,25)(H,21,22,23). The van der Waals surface area contributed by atoms with Gasteiger partial charge in [0.15, 0.2) is 0 Å². The van der Waals surface area contributed by atoms with Crippen LogP contribution in [0.3, 0.4) is 0 Å². The Morgan fingerprint density at radius 1 is 1.04 bits per heavy atom. The van der Waals surface area contributed by atoms with Gasteiger partial charge < -0.3 is 10.6 Å². The van der Waals surface area contributed by atoms with Crippen molar-refractivity contribution in [3.05, 3.63) is 82.7 Å². The molecule has 0 aliphatic carbocycles. The van der Waals surface area contributed by atoms with E-state index in [1.807, 2.05) is 61.5 Å². The largest absolute Gasteiger partial charge is 0.363 e. The van der Waals surface area contributed by atoms with Crippen LogP contribution in [0.25, 0.3) is 0 Å². The second-order valence-corrected chi connectivity index (χ2v) is 6.45. The van der Waals surface area contributed by atoms with Crippen LogP contribution in [0.1, 0.15) is 29.0 Å². The van der Waals surface area contributed by atoms with Crippen molar-refractivity contribution in [2.75, 3.05) is 10.6 Å². The number of nitrogens with one attached hydrogen (secondary N) is 2. The molecule has 6 heteroatoms. The lowest BCUT2D eigenvalue weighted by Crippen LogP contribution is -2.15. The molecule has 2 aromatic carbocycles. The Labute approximate surface area is 154 Å². The molecule has 0 aliphatic heterocycles. The SMILES string of the molecule is CC(Nc1cc(C(=O)Nc2cccc(Br)c2)ncn1)c1ccccc1. The van der Waals surface area contributed by atoms with Crippen LogP contribution >= 0.6 is 15.9 Å². The number of nitrogens with zero attached hydrogens (tertiary/aromatic N) is 2. The number of aromatic nitrogens is 2. The van der Waals surface area contributed by atoms with Gasteiger partial charge in [0, 0.05) is 22.3 Å². The Morgan fingerprint density at radius 2 is 1.84 bits per heavy atom. The van der Waals surface area contributed by atoms with E-state index in [0.29, 0.717) is 17.2 Å². The molecule has 1 amide bonds. The molecule has 5 nitrogen and oxygen atoms in total. The van der Waals surface area contributed by atoms with E-state index in [9.17, 15) is 4.79 Å². The smallest absolute Gasteiger partial charge is 0.274 e. The van der Waals surface area contributed by atoms with Crippen LogP contribution in [-0.2, 0) is 0 Å². The first kappa shape index (κ1) is 17.1. The normalized spacial score (nSPS) is 11.6. The van der Waals surface area contributed by atoms with Crippen molar-refractivity contribution in [3.8, 4) is 0 Å². The van der Waals surface area contributed by atoms with E-state index in [4.69, 9.17) is 0 Å². The second-order valence-electron chi connectivity index (χ2n) is 5.53. The maximum Gasteiger partial charge on any atom is 0.274 e. The minimum Gasteiger partial charge on any atom is -0.363 e. The fourth-order valence-electron chi connectivity index (χ4n) is 2.37. The zero-order valence-electron chi connectivity index (χ0n) is 13.6. The zero-order chi connectivity index (χ0) is 17.6. The average Bonchev–Trinajstić information content (AvgIpc) is 2.62. The molecule has 0 aliphatic rings. The summed E-state index contributed by atoms with van der Waals surface area (Å²) in [5.41, 5.74) is 2.14. The molecule has 1 heterocycles. The van der Waals surface area contributed by atoms with Crippen LogP contribution < -0.4 is 10.6 Å². The van der Waals surface area contributed by atoms with Gasteiger partial charge >= 0.3 is 0 Å². The third-order valence-corrected chi connectivity index (χ3v) is 4.14. The predicted molar refractivity (Wildman–Crippen MR) is 103 cm³/mol. The van der Waals surface area contributed by atoms with Gasteiger partial charge in [0.05, 0.1) is 0 Å². The van der Waals surface area contributed by atoms with Crippen molar-refractivity contribution in [1.29, 1.82) is 0 Å². The molecular weight excluding hydrogens is 380 g/mol. The lowest BCUT2D eigenvalue weighted by molar-refractivity contribution is 0.102. The minimum atomic E-state index is -0.282. The lowest BCUT2D eigenvalue weighted by Gasteiger charge is -2.15. The Hall–Kier alpha value is -2.73. The highest BCUT2D eigenvalue weighted by atomic mass is 79.9. The van der Waals surface area contributed by atoms with Crippen LogP contribution in [0, 0.1) is 0 Å². The highest BCUT2D eigenvalue weighted by Gasteiger charge is 2.11. The van der Waals surface area contributed by atoms with Crippen LogP contribution in [-0.4, -0.2) is 15.9 Å². The number of amides is 1. The van der Waals surface area contributed by atoms with Gasteiger partial charge in [0.25, 0.3) is 5.91 Å².